The molecule has 0 spiro atoms. The normalized spacial score (nSPS) is 15.2. The van der Waals surface area contributed by atoms with Crippen LogP contribution in [0.25, 0.3) is 0 Å². The predicted octanol–water partition coefficient (Wildman–Crippen LogP) is 4.62. The van der Waals surface area contributed by atoms with Crippen LogP contribution in [0.5, 0.6) is 0 Å². The van der Waals surface area contributed by atoms with Gasteiger partial charge in [0.1, 0.15) is 0 Å². The van der Waals surface area contributed by atoms with Crippen LogP contribution in [-0.4, -0.2) is 12.6 Å². The van der Waals surface area contributed by atoms with Gasteiger partial charge in [0.25, 0.3) is 0 Å². The number of rotatable bonds is 7. The van der Waals surface area contributed by atoms with E-state index in [0.29, 0.717) is 16.9 Å². The fourth-order valence-corrected chi connectivity index (χ4v) is 1.91. The van der Waals surface area contributed by atoms with Crippen LogP contribution >= 0.6 is 0 Å². The fraction of sp³-hybridized carbons (Fsp3) is 1.00. The van der Waals surface area contributed by atoms with E-state index in [4.69, 9.17) is 0 Å². The Hall–Kier alpha value is -0.0400. The molecule has 0 bridgehead atoms. The smallest absolute Gasteiger partial charge is 0.0118 e. The Morgan fingerprint density at radius 3 is 1.94 bits per heavy atom. The van der Waals surface area contributed by atoms with E-state index in [1.807, 2.05) is 0 Å². The molecular weight excluding hydrogens is 194 g/mol. The zero-order valence-electron chi connectivity index (χ0n) is 12.6. The molecule has 0 aromatic rings. The van der Waals surface area contributed by atoms with E-state index in [1.165, 1.54) is 25.7 Å². The van der Waals surface area contributed by atoms with E-state index >= 15 is 0 Å². The van der Waals surface area contributed by atoms with Gasteiger partial charge < -0.3 is 5.32 Å². The first-order valence-corrected chi connectivity index (χ1v) is 6.96. The quantitative estimate of drug-likeness (QED) is 0.669. The second-order valence-corrected chi connectivity index (χ2v) is 6.95. The molecule has 98 valence electrons. The van der Waals surface area contributed by atoms with Gasteiger partial charge in [0.15, 0.2) is 0 Å². The molecule has 16 heavy (non-hydrogen) atoms. The Balaban J connectivity index is 4.32. The summed E-state index contributed by atoms with van der Waals surface area (Å²) in [7, 11) is 0. The van der Waals surface area contributed by atoms with Crippen molar-refractivity contribution >= 4 is 0 Å². The maximum Gasteiger partial charge on any atom is 0.0118 e. The van der Waals surface area contributed by atoms with Gasteiger partial charge in [-0.15, -0.1) is 0 Å². The second kappa shape index (κ2) is 6.64. The molecule has 0 aliphatic rings. The standard InChI is InChI=1S/C15H33N/c1-8-12-16-13(15(6,7)9-2)10-11-14(3,4)5/h13,16H,8-12H2,1-7H3. The van der Waals surface area contributed by atoms with Crippen LogP contribution in [0.2, 0.25) is 0 Å². The first-order chi connectivity index (χ1) is 7.23. The highest BCUT2D eigenvalue weighted by Crippen LogP contribution is 2.31. The Bertz CT molecular complexity index is 176. The molecule has 0 aliphatic heterocycles. The summed E-state index contributed by atoms with van der Waals surface area (Å²) in [5, 5.41) is 3.73. The Morgan fingerprint density at radius 1 is 1.00 bits per heavy atom. The third-order valence-electron chi connectivity index (χ3n) is 3.68. The Labute approximate surface area is 103 Å². The van der Waals surface area contributed by atoms with Crippen LogP contribution in [0, 0.1) is 10.8 Å². The monoisotopic (exact) mass is 227 g/mol. The lowest BCUT2D eigenvalue weighted by Gasteiger charge is -2.36. The summed E-state index contributed by atoms with van der Waals surface area (Å²) >= 11 is 0. The number of nitrogens with one attached hydrogen (secondary N) is 1. The van der Waals surface area contributed by atoms with Gasteiger partial charge >= 0.3 is 0 Å². The highest BCUT2D eigenvalue weighted by atomic mass is 14.9. The van der Waals surface area contributed by atoms with Gasteiger partial charge in [-0.05, 0) is 43.1 Å². The van der Waals surface area contributed by atoms with Crippen molar-refractivity contribution in [3.05, 3.63) is 0 Å². The summed E-state index contributed by atoms with van der Waals surface area (Å²) in [6.45, 7) is 17.5. The molecule has 0 aromatic carbocycles. The molecule has 1 N–H and O–H groups in total. The molecule has 0 radical (unpaired) electrons. The van der Waals surface area contributed by atoms with Crippen molar-refractivity contribution in [3.8, 4) is 0 Å². The van der Waals surface area contributed by atoms with Gasteiger partial charge in [-0.3, -0.25) is 0 Å². The Kier molecular flexibility index (Phi) is 6.62. The molecule has 0 saturated heterocycles. The fourth-order valence-electron chi connectivity index (χ4n) is 1.91. The lowest BCUT2D eigenvalue weighted by molar-refractivity contribution is 0.197. The third kappa shape index (κ3) is 6.52. The van der Waals surface area contributed by atoms with Crippen molar-refractivity contribution < 1.29 is 0 Å². The van der Waals surface area contributed by atoms with Gasteiger partial charge in [0, 0.05) is 6.04 Å². The van der Waals surface area contributed by atoms with Gasteiger partial charge in [-0.2, -0.15) is 0 Å². The molecule has 1 heteroatoms. The summed E-state index contributed by atoms with van der Waals surface area (Å²) in [4.78, 5) is 0. The number of hydrogen-bond acceptors (Lipinski definition) is 1. The molecule has 0 amide bonds. The van der Waals surface area contributed by atoms with E-state index in [0.717, 1.165) is 6.54 Å². The summed E-state index contributed by atoms with van der Waals surface area (Å²) in [5.74, 6) is 0. The van der Waals surface area contributed by atoms with Crippen LogP contribution in [0.1, 0.15) is 74.1 Å². The summed E-state index contributed by atoms with van der Waals surface area (Å²) in [6.07, 6.45) is 5.08. The topological polar surface area (TPSA) is 12.0 Å². The highest BCUT2D eigenvalue weighted by molar-refractivity contribution is 4.84. The maximum absolute atomic E-state index is 3.73. The molecule has 0 heterocycles. The zero-order valence-corrected chi connectivity index (χ0v) is 12.6. The van der Waals surface area contributed by atoms with Crippen LogP contribution in [0.15, 0.2) is 0 Å². The van der Waals surface area contributed by atoms with E-state index in [2.05, 4.69) is 53.8 Å². The maximum atomic E-state index is 3.73. The summed E-state index contributed by atoms with van der Waals surface area (Å²) in [6, 6.07) is 0.664. The van der Waals surface area contributed by atoms with E-state index < -0.39 is 0 Å². The highest BCUT2D eigenvalue weighted by Gasteiger charge is 2.28. The van der Waals surface area contributed by atoms with E-state index in [-0.39, 0.29) is 0 Å². The lowest BCUT2D eigenvalue weighted by atomic mass is 9.77. The molecule has 1 nitrogen and oxygen atoms in total. The van der Waals surface area contributed by atoms with Crippen LogP contribution in [0.3, 0.4) is 0 Å². The molecule has 0 saturated carbocycles. The van der Waals surface area contributed by atoms with Gasteiger partial charge in [0.05, 0.1) is 0 Å². The predicted molar refractivity (Wildman–Crippen MR) is 74.8 cm³/mol. The van der Waals surface area contributed by atoms with Crippen molar-refractivity contribution in [1.29, 1.82) is 0 Å². The first-order valence-electron chi connectivity index (χ1n) is 6.96. The molecule has 1 atom stereocenters. The minimum atomic E-state index is 0.417. The van der Waals surface area contributed by atoms with Gasteiger partial charge in [-0.25, -0.2) is 0 Å². The minimum Gasteiger partial charge on any atom is -0.313 e. The van der Waals surface area contributed by atoms with Crippen molar-refractivity contribution in [2.45, 2.75) is 80.2 Å². The minimum absolute atomic E-state index is 0.417. The van der Waals surface area contributed by atoms with Crippen molar-refractivity contribution in [1.82, 2.24) is 5.32 Å². The Morgan fingerprint density at radius 2 is 1.56 bits per heavy atom. The molecule has 0 fully saturated rings. The first kappa shape index (κ1) is 16.0. The van der Waals surface area contributed by atoms with Crippen molar-refractivity contribution in [2.24, 2.45) is 10.8 Å². The SMILES string of the molecule is CCCNC(CCC(C)(C)C)C(C)(C)CC. The van der Waals surface area contributed by atoms with Gasteiger partial charge in [0.2, 0.25) is 0 Å². The third-order valence-corrected chi connectivity index (χ3v) is 3.68. The zero-order chi connectivity index (χ0) is 12.8. The average molecular weight is 227 g/mol. The largest absolute Gasteiger partial charge is 0.313 e. The summed E-state index contributed by atoms with van der Waals surface area (Å²) < 4.78 is 0. The number of hydrogen-bond donors (Lipinski definition) is 1. The van der Waals surface area contributed by atoms with Crippen LogP contribution < -0.4 is 5.32 Å². The summed E-state index contributed by atoms with van der Waals surface area (Å²) in [5.41, 5.74) is 0.871. The molecule has 0 aromatic heterocycles. The van der Waals surface area contributed by atoms with E-state index in [1.54, 1.807) is 0 Å². The van der Waals surface area contributed by atoms with Gasteiger partial charge in [-0.1, -0.05) is 48.5 Å². The van der Waals surface area contributed by atoms with Crippen LogP contribution in [0.4, 0.5) is 0 Å². The molecule has 1 unspecified atom stereocenters. The molecule has 0 rings (SSSR count). The molecular formula is C15H33N. The lowest BCUT2D eigenvalue weighted by Crippen LogP contribution is -2.42. The average Bonchev–Trinajstić information content (AvgIpc) is 2.16. The molecule has 0 aliphatic carbocycles. The van der Waals surface area contributed by atoms with E-state index in [9.17, 15) is 0 Å². The van der Waals surface area contributed by atoms with Crippen molar-refractivity contribution in [2.75, 3.05) is 6.54 Å². The van der Waals surface area contributed by atoms with Crippen LogP contribution in [-0.2, 0) is 0 Å². The van der Waals surface area contributed by atoms with Crippen molar-refractivity contribution in [3.63, 3.8) is 0 Å². The second-order valence-electron chi connectivity index (χ2n) is 6.95.